The highest BCUT2D eigenvalue weighted by Gasteiger charge is 2.32. The molecule has 1 aliphatic rings. The zero-order chi connectivity index (χ0) is 20.5. The number of nitrogens with one attached hydrogen (secondary N) is 1. The van der Waals surface area contributed by atoms with E-state index in [1.165, 1.54) is 39.3 Å². The molecule has 9 heteroatoms. The number of nitrogens with zero attached hydrogens (tertiary/aromatic N) is 3. The molecule has 1 saturated heterocycles. The van der Waals surface area contributed by atoms with E-state index in [9.17, 15) is 18.8 Å². The first-order valence-corrected chi connectivity index (χ1v) is 10.1. The smallest absolute Gasteiger partial charge is 0.262 e. The lowest BCUT2D eigenvalue weighted by atomic mass is 10.2. The maximum atomic E-state index is 14.0. The number of carbonyl (C=O) groups excluding carboxylic acids is 2. The molecule has 0 radical (unpaired) electrons. The molecule has 4 rings (SSSR count). The maximum absolute atomic E-state index is 14.0. The summed E-state index contributed by atoms with van der Waals surface area (Å²) in [6.07, 6.45) is 2.26. The monoisotopic (exact) mass is 414 g/mol. The van der Waals surface area contributed by atoms with E-state index in [0.29, 0.717) is 10.2 Å². The Morgan fingerprint density at radius 1 is 1.34 bits per heavy atom. The fourth-order valence-corrected chi connectivity index (χ4v) is 4.36. The van der Waals surface area contributed by atoms with Crippen molar-refractivity contribution in [1.29, 1.82) is 0 Å². The summed E-state index contributed by atoms with van der Waals surface area (Å²) >= 11 is 1.47. The van der Waals surface area contributed by atoms with Crippen LogP contribution in [0, 0.1) is 5.82 Å². The second-order valence-electron chi connectivity index (χ2n) is 6.89. The van der Waals surface area contributed by atoms with E-state index in [1.807, 2.05) is 13.0 Å². The Kier molecular flexibility index (Phi) is 5.14. The van der Waals surface area contributed by atoms with Crippen LogP contribution in [0.3, 0.4) is 0 Å². The van der Waals surface area contributed by atoms with Gasteiger partial charge in [-0.3, -0.25) is 19.0 Å². The molecule has 0 spiro atoms. The summed E-state index contributed by atoms with van der Waals surface area (Å²) in [6, 6.07) is 7.39. The number of aromatic nitrogens is 2. The molecule has 7 nitrogen and oxygen atoms in total. The zero-order valence-electron chi connectivity index (χ0n) is 15.7. The zero-order valence-corrected chi connectivity index (χ0v) is 16.5. The van der Waals surface area contributed by atoms with Crippen molar-refractivity contribution < 1.29 is 14.0 Å². The van der Waals surface area contributed by atoms with Crippen LogP contribution in [0.5, 0.6) is 0 Å². The van der Waals surface area contributed by atoms with Crippen LogP contribution in [0.15, 0.2) is 41.5 Å². The highest BCUT2D eigenvalue weighted by atomic mass is 32.1. The predicted octanol–water partition coefficient (Wildman–Crippen LogP) is 2.08. The summed E-state index contributed by atoms with van der Waals surface area (Å²) in [5, 5.41) is 3.26. The third-order valence-corrected chi connectivity index (χ3v) is 6.05. The summed E-state index contributed by atoms with van der Waals surface area (Å²) in [4.78, 5) is 44.6. The van der Waals surface area contributed by atoms with Gasteiger partial charge in [0.25, 0.3) is 5.56 Å². The minimum absolute atomic E-state index is 0.0800. The van der Waals surface area contributed by atoms with E-state index in [-0.39, 0.29) is 36.7 Å². The quantitative estimate of drug-likeness (QED) is 0.693. The van der Waals surface area contributed by atoms with Crippen molar-refractivity contribution in [3.63, 3.8) is 0 Å². The first kappa shape index (κ1) is 19.3. The molecule has 1 N–H and O–H groups in total. The van der Waals surface area contributed by atoms with Gasteiger partial charge in [0.1, 0.15) is 17.2 Å². The molecule has 3 aromatic rings. The first-order valence-electron chi connectivity index (χ1n) is 9.28. The number of carbonyl (C=O) groups is 2. The third kappa shape index (κ3) is 3.77. The van der Waals surface area contributed by atoms with Gasteiger partial charge in [-0.25, -0.2) is 9.37 Å². The number of halogens is 1. The van der Waals surface area contributed by atoms with Gasteiger partial charge in [0, 0.05) is 17.8 Å². The first-order chi connectivity index (χ1) is 14.0. The van der Waals surface area contributed by atoms with Gasteiger partial charge >= 0.3 is 0 Å². The molecule has 29 heavy (non-hydrogen) atoms. The average molecular weight is 414 g/mol. The van der Waals surface area contributed by atoms with Gasteiger partial charge < -0.3 is 10.2 Å². The van der Waals surface area contributed by atoms with Crippen LogP contribution in [-0.4, -0.2) is 34.0 Å². The Morgan fingerprint density at radius 3 is 2.90 bits per heavy atom. The summed E-state index contributed by atoms with van der Waals surface area (Å²) < 4.78 is 15.2. The second kappa shape index (κ2) is 7.75. The summed E-state index contributed by atoms with van der Waals surface area (Å²) in [5.41, 5.74) is -0.0686. The van der Waals surface area contributed by atoms with Crippen LogP contribution in [0.25, 0.3) is 10.2 Å². The molecule has 1 aliphatic heterocycles. The van der Waals surface area contributed by atoms with E-state index < -0.39 is 17.8 Å². The molecule has 3 heterocycles. The van der Waals surface area contributed by atoms with Crippen LogP contribution < -0.4 is 15.8 Å². The van der Waals surface area contributed by atoms with Gasteiger partial charge in [0.05, 0.1) is 23.4 Å². The number of fused-ring (bicyclic) bond motifs is 1. The van der Waals surface area contributed by atoms with Crippen molar-refractivity contribution in [2.45, 2.75) is 32.4 Å². The van der Waals surface area contributed by atoms with Crippen LogP contribution in [0.4, 0.5) is 10.1 Å². The number of aryl methyl sites for hydroxylation is 1. The van der Waals surface area contributed by atoms with Gasteiger partial charge in [-0.05, 0) is 24.6 Å². The van der Waals surface area contributed by atoms with Crippen molar-refractivity contribution in [3.05, 3.63) is 57.7 Å². The van der Waals surface area contributed by atoms with E-state index in [4.69, 9.17) is 0 Å². The van der Waals surface area contributed by atoms with Gasteiger partial charge in [0.15, 0.2) is 0 Å². The Balaban J connectivity index is 1.45. The lowest BCUT2D eigenvalue weighted by Gasteiger charge is -2.18. The molecule has 1 aromatic carbocycles. The van der Waals surface area contributed by atoms with Gasteiger partial charge in [-0.1, -0.05) is 19.1 Å². The van der Waals surface area contributed by atoms with E-state index >= 15 is 0 Å². The Morgan fingerprint density at radius 2 is 2.14 bits per heavy atom. The summed E-state index contributed by atoms with van der Waals surface area (Å²) in [6.45, 7) is 2.00. The second-order valence-corrected chi connectivity index (χ2v) is 8.00. The lowest BCUT2D eigenvalue weighted by Crippen LogP contribution is -2.40. The summed E-state index contributed by atoms with van der Waals surface area (Å²) in [5.74, 6) is -1.14. The van der Waals surface area contributed by atoms with Crippen molar-refractivity contribution in [3.8, 4) is 0 Å². The molecule has 0 bridgehead atoms. The number of anilines is 1. The fourth-order valence-electron chi connectivity index (χ4n) is 3.43. The standard InChI is InChI=1S/C20H19FN4O3S/c1-2-13-8-14-19(29-13)22-11-24(20(14)28)10-17(26)23-12-7-18(27)25(9-12)16-6-4-3-5-15(16)21/h3-6,8,11-12H,2,7,9-10H2,1H3,(H,23,26). The molecule has 1 fully saturated rings. The Labute approximate surface area is 169 Å². The van der Waals surface area contributed by atoms with Crippen molar-refractivity contribution in [2.75, 3.05) is 11.4 Å². The number of benzene rings is 1. The van der Waals surface area contributed by atoms with E-state index in [0.717, 1.165) is 11.3 Å². The number of amides is 2. The largest absolute Gasteiger partial charge is 0.349 e. The molecule has 1 atom stereocenters. The van der Waals surface area contributed by atoms with Gasteiger partial charge in [-0.15, -0.1) is 11.3 Å². The number of para-hydroxylation sites is 1. The van der Waals surface area contributed by atoms with Gasteiger partial charge in [0.2, 0.25) is 11.8 Å². The number of thiophene rings is 1. The van der Waals surface area contributed by atoms with Crippen LogP contribution in [-0.2, 0) is 22.6 Å². The molecule has 2 aromatic heterocycles. The molecule has 1 unspecified atom stereocenters. The number of rotatable bonds is 5. The highest BCUT2D eigenvalue weighted by Crippen LogP contribution is 2.24. The third-order valence-electron chi connectivity index (χ3n) is 4.86. The van der Waals surface area contributed by atoms with Crippen LogP contribution in [0.1, 0.15) is 18.2 Å². The topological polar surface area (TPSA) is 84.3 Å². The lowest BCUT2D eigenvalue weighted by molar-refractivity contribution is -0.122. The van der Waals surface area contributed by atoms with Crippen LogP contribution in [0.2, 0.25) is 0 Å². The maximum Gasteiger partial charge on any atom is 0.262 e. The number of hydrogen-bond donors (Lipinski definition) is 1. The fraction of sp³-hybridized carbons (Fsp3) is 0.300. The average Bonchev–Trinajstić information content (AvgIpc) is 3.28. The van der Waals surface area contributed by atoms with Gasteiger partial charge in [-0.2, -0.15) is 0 Å². The Bertz CT molecular complexity index is 1160. The molecule has 0 saturated carbocycles. The minimum atomic E-state index is -0.485. The van der Waals surface area contributed by atoms with E-state index in [1.54, 1.807) is 12.1 Å². The SMILES string of the molecule is CCc1cc2c(=O)n(CC(=O)NC3CC(=O)N(c4ccccc4F)C3)cnc2s1. The minimum Gasteiger partial charge on any atom is -0.349 e. The van der Waals surface area contributed by atoms with Crippen LogP contribution >= 0.6 is 11.3 Å². The van der Waals surface area contributed by atoms with Crippen molar-refractivity contribution >= 4 is 39.1 Å². The van der Waals surface area contributed by atoms with E-state index in [2.05, 4.69) is 10.3 Å². The predicted molar refractivity (Wildman–Crippen MR) is 109 cm³/mol. The number of hydrogen-bond acceptors (Lipinski definition) is 5. The Hall–Kier alpha value is -3.07. The normalized spacial score (nSPS) is 16.6. The highest BCUT2D eigenvalue weighted by molar-refractivity contribution is 7.18. The summed E-state index contributed by atoms with van der Waals surface area (Å²) in [7, 11) is 0. The molecule has 0 aliphatic carbocycles. The van der Waals surface area contributed by atoms with Crippen molar-refractivity contribution in [1.82, 2.24) is 14.9 Å². The molecule has 150 valence electrons. The molecular weight excluding hydrogens is 395 g/mol. The molecular formula is C20H19FN4O3S. The molecule has 2 amide bonds. The van der Waals surface area contributed by atoms with Crippen molar-refractivity contribution in [2.24, 2.45) is 0 Å².